The standard InChI is InChI=1S/C12H12ClNO2/c13-9-3-1-4-10(7-9)16-8-11(14)12-5-2-6-15-12/h1-7,11H,8,14H2. The van der Waals surface area contributed by atoms with Gasteiger partial charge in [0.25, 0.3) is 0 Å². The SMILES string of the molecule is NC(COc1cccc(Cl)c1)c1ccco1. The molecule has 2 N–H and O–H groups in total. The van der Waals surface area contributed by atoms with E-state index in [9.17, 15) is 0 Å². The number of hydrogen-bond acceptors (Lipinski definition) is 3. The lowest BCUT2D eigenvalue weighted by Crippen LogP contribution is -2.18. The van der Waals surface area contributed by atoms with Gasteiger partial charge in [-0.05, 0) is 30.3 Å². The van der Waals surface area contributed by atoms with Crippen LogP contribution >= 0.6 is 11.6 Å². The molecular weight excluding hydrogens is 226 g/mol. The Bertz CT molecular complexity index is 442. The summed E-state index contributed by atoms with van der Waals surface area (Å²) in [5, 5.41) is 0.643. The lowest BCUT2D eigenvalue weighted by molar-refractivity contribution is 0.273. The molecule has 0 radical (unpaired) electrons. The van der Waals surface area contributed by atoms with Gasteiger partial charge in [0.05, 0.1) is 12.3 Å². The number of hydrogen-bond donors (Lipinski definition) is 1. The van der Waals surface area contributed by atoms with E-state index >= 15 is 0 Å². The maximum absolute atomic E-state index is 5.87. The average Bonchev–Trinajstić information content (AvgIpc) is 2.79. The van der Waals surface area contributed by atoms with E-state index in [1.807, 2.05) is 18.2 Å². The third kappa shape index (κ3) is 2.78. The predicted octanol–water partition coefficient (Wildman–Crippen LogP) is 3.01. The molecular formula is C12H12ClNO2. The Morgan fingerprint density at radius 1 is 1.31 bits per heavy atom. The third-order valence-corrected chi connectivity index (χ3v) is 2.37. The number of rotatable bonds is 4. The summed E-state index contributed by atoms with van der Waals surface area (Å²) in [5.41, 5.74) is 5.87. The molecule has 0 amide bonds. The van der Waals surface area contributed by atoms with Crippen LogP contribution in [-0.2, 0) is 0 Å². The van der Waals surface area contributed by atoms with E-state index in [2.05, 4.69) is 0 Å². The second kappa shape index (κ2) is 5.05. The summed E-state index contributed by atoms with van der Waals surface area (Å²) in [6.45, 7) is 0.355. The van der Waals surface area contributed by atoms with Gasteiger partial charge in [-0.3, -0.25) is 0 Å². The molecule has 0 spiro atoms. The van der Waals surface area contributed by atoms with Gasteiger partial charge in [0.15, 0.2) is 0 Å². The lowest BCUT2D eigenvalue weighted by Gasteiger charge is -2.10. The molecule has 0 aliphatic heterocycles. The minimum absolute atomic E-state index is 0.269. The van der Waals surface area contributed by atoms with Crippen LogP contribution in [0.4, 0.5) is 0 Å². The quantitative estimate of drug-likeness (QED) is 0.889. The Morgan fingerprint density at radius 3 is 2.88 bits per heavy atom. The van der Waals surface area contributed by atoms with Crippen molar-refractivity contribution in [2.75, 3.05) is 6.61 Å². The fourth-order valence-corrected chi connectivity index (χ4v) is 1.51. The monoisotopic (exact) mass is 237 g/mol. The number of furan rings is 1. The fourth-order valence-electron chi connectivity index (χ4n) is 1.33. The molecule has 2 rings (SSSR count). The minimum atomic E-state index is -0.269. The summed E-state index contributed by atoms with van der Waals surface area (Å²) in [7, 11) is 0. The van der Waals surface area contributed by atoms with Crippen LogP contribution in [0, 0.1) is 0 Å². The molecule has 84 valence electrons. The van der Waals surface area contributed by atoms with Gasteiger partial charge in [-0.2, -0.15) is 0 Å². The molecule has 1 aromatic carbocycles. The first-order valence-corrected chi connectivity index (χ1v) is 5.31. The van der Waals surface area contributed by atoms with E-state index in [1.165, 1.54) is 0 Å². The largest absolute Gasteiger partial charge is 0.491 e. The number of halogens is 1. The van der Waals surface area contributed by atoms with Gasteiger partial charge in [0.1, 0.15) is 18.1 Å². The normalized spacial score (nSPS) is 12.4. The number of nitrogens with two attached hydrogens (primary N) is 1. The molecule has 0 bridgehead atoms. The van der Waals surface area contributed by atoms with Gasteiger partial charge in [0.2, 0.25) is 0 Å². The van der Waals surface area contributed by atoms with Crippen LogP contribution in [0.1, 0.15) is 11.8 Å². The van der Waals surface area contributed by atoms with Gasteiger partial charge in [-0.15, -0.1) is 0 Å². The van der Waals surface area contributed by atoms with Crippen molar-refractivity contribution in [3.63, 3.8) is 0 Å². The van der Waals surface area contributed by atoms with Crippen molar-refractivity contribution in [2.24, 2.45) is 5.73 Å². The molecule has 2 aromatic rings. The first-order chi connectivity index (χ1) is 7.75. The predicted molar refractivity (Wildman–Crippen MR) is 62.6 cm³/mol. The highest BCUT2D eigenvalue weighted by molar-refractivity contribution is 6.30. The van der Waals surface area contributed by atoms with Gasteiger partial charge in [-0.25, -0.2) is 0 Å². The molecule has 4 heteroatoms. The Balaban J connectivity index is 1.92. The Morgan fingerprint density at radius 2 is 2.19 bits per heavy atom. The first kappa shape index (κ1) is 11.0. The van der Waals surface area contributed by atoms with Gasteiger partial charge >= 0.3 is 0 Å². The van der Waals surface area contributed by atoms with Crippen LogP contribution in [-0.4, -0.2) is 6.61 Å². The van der Waals surface area contributed by atoms with E-state index in [0.29, 0.717) is 23.1 Å². The average molecular weight is 238 g/mol. The van der Waals surface area contributed by atoms with E-state index in [1.54, 1.807) is 24.5 Å². The van der Waals surface area contributed by atoms with Crippen molar-refractivity contribution in [2.45, 2.75) is 6.04 Å². The minimum Gasteiger partial charge on any atom is -0.491 e. The molecule has 1 atom stereocenters. The van der Waals surface area contributed by atoms with E-state index in [0.717, 1.165) is 0 Å². The van der Waals surface area contributed by atoms with Gasteiger partial charge in [-0.1, -0.05) is 17.7 Å². The molecule has 1 aromatic heterocycles. The Kier molecular flexibility index (Phi) is 3.49. The third-order valence-electron chi connectivity index (χ3n) is 2.13. The van der Waals surface area contributed by atoms with Gasteiger partial charge < -0.3 is 14.9 Å². The molecule has 1 heterocycles. The van der Waals surface area contributed by atoms with Crippen LogP contribution in [0.15, 0.2) is 47.1 Å². The summed E-state index contributed by atoms with van der Waals surface area (Å²) >= 11 is 5.83. The van der Waals surface area contributed by atoms with E-state index < -0.39 is 0 Å². The van der Waals surface area contributed by atoms with Crippen LogP contribution in [0.25, 0.3) is 0 Å². The second-order valence-corrected chi connectivity index (χ2v) is 3.83. The van der Waals surface area contributed by atoms with Crippen molar-refractivity contribution >= 4 is 11.6 Å². The molecule has 16 heavy (non-hydrogen) atoms. The maximum Gasteiger partial charge on any atom is 0.123 e. The summed E-state index contributed by atoms with van der Waals surface area (Å²) in [6, 6.07) is 10.6. The Labute approximate surface area is 98.8 Å². The second-order valence-electron chi connectivity index (χ2n) is 3.39. The van der Waals surface area contributed by atoms with Crippen molar-refractivity contribution in [3.8, 4) is 5.75 Å². The smallest absolute Gasteiger partial charge is 0.123 e. The van der Waals surface area contributed by atoms with Crippen LogP contribution in [0.5, 0.6) is 5.75 Å². The zero-order valence-corrected chi connectivity index (χ0v) is 9.35. The summed E-state index contributed by atoms with van der Waals surface area (Å²) in [5.74, 6) is 1.41. The van der Waals surface area contributed by atoms with Gasteiger partial charge in [0, 0.05) is 5.02 Å². The van der Waals surface area contributed by atoms with E-state index in [-0.39, 0.29) is 6.04 Å². The molecule has 0 saturated carbocycles. The van der Waals surface area contributed by atoms with Crippen molar-refractivity contribution in [1.82, 2.24) is 0 Å². The van der Waals surface area contributed by atoms with Crippen molar-refractivity contribution in [3.05, 3.63) is 53.4 Å². The van der Waals surface area contributed by atoms with Crippen LogP contribution < -0.4 is 10.5 Å². The molecule has 0 fully saturated rings. The fraction of sp³-hybridized carbons (Fsp3) is 0.167. The molecule has 3 nitrogen and oxygen atoms in total. The van der Waals surface area contributed by atoms with Crippen LogP contribution in [0.3, 0.4) is 0 Å². The van der Waals surface area contributed by atoms with Crippen molar-refractivity contribution in [1.29, 1.82) is 0 Å². The Hall–Kier alpha value is -1.45. The number of benzene rings is 1. The number of ether oxygens (including phenoxy) is 1. The summed E-state index contributed by atoms with van der Waals surface area (Å²) in [6.07, 6.45) is 1.59. The lowest BCUT2D eigenvalue weighted by atomic mass is 10.2. The molecule has 0 aliphatic rings. The molecule has 0 aliphatic carbocycles. The van der Waals surface area contributed by atoms with Crippen molar-refractivity contribution < 1.29 is 9.15 Å². The first-order valence-electron chi connectivity index (χ1n) is 4.93. The zero-order chi connectivity index (χ0) is 11.4. The van der Waals surface area contributed by atoms with Crippen LogP contribution in [0.2, 0.25) is 5.02 Å². The molecule has 0 saturated heterocycles. The highest BCUT2D eigenvalue weighted by Crippen LogP contribution is 2.19. The topological polar surface area (TPSA) is 48.4 Å². The highest BCUT2D eigenvalue weighted by Gasteiger charge is 2.09. The summed E-state index contributed by atoms with van der Waals surface area (Å²) in [4.78, 5) is 0. The zero-order valence-electron chi connectivity index (χ0n) is 8.60. The van der Waals surface area contributed by atoms with E-state index in [4.69, 9.17) is 26.5 Å². The maximum atomic E-state index is 5.87. The summed E-state index contributed by atoms with van der Waals surface area (Å²) < 4.78 is 10.7. The molecule has 1 unspecified atom stereocenters. The highest BCUT2D eigenvalue weighted by atomic mass is 35.5.